The van der Waals surface area contributed by atoms with Gasteiger partial charge in [0.1, 0.15) is 0 Å². The van der Waals surface area contributed by atoms with Crippen LogP contribution in [0, 0.1) is 5.92 Å². The number of hydrogen-bond acceptors (Lipinski definition) is 4. The molecule has 88 valence electrons. The molecule has 5 heteroatoms. The van der Waals surface area contributed by atoms with E-state index in [1.54, 1.807) is 0 Å². The predicted octanol–water partition coefficient (Wildman–Crippen LogP) is 1.89. The smallest absolute Gasteiger partial charge is 0.184 e. The van der Waals surface area contributed by atoms with E-state index in [-0.39, 0.29) is 0 Å². The highest BCUT2D eigenvalue weighted by atomic mass is 15.6. The number of nitrogen functional groups attached to an aromatic ring is 1. The van der Waals surface area contributed by atoms with Crippen molar-refractivity contribution in [2.24, 2.45) is 5.92 Å². The summed E-state index contributed by atoms with van der Waals surface area (Å²) in [6, 6.07) is 8.15. The number of rotatable bonds is 3. The van der Waals surface area contributed by atoms with Gasteiger partial charge >= 0.3 is 0 Å². The summed E-state index contributed by atoms with van der Waals surface area (Å²) < 4.78 is 1.92. The Hall–Kier alpha value is -1.91. The van der Waals surface area contributed by atoms with E-state index < -0.39 is 0 Å². The standard InChI is InChI=1S/C12H15N5/c1-2-8-7-11(8)17-12(14-15-16-17)9-5-3-4-6-10(9)13/h3-6,8,11H,2,7,13H2,1H3. The molecule has 1 aliphatic carbocycles. The van der Waals surface area contributed by atoms with E-state index in [4.69, 9.17) is 5.73 Å². The molecule has 1 fully saturated rings. The summed E-state index contributed by atoms with van der Waals surface area (Å²) in [6.07, 6.45) is 2.34. The fourth-order valence-electron chi connectivity index (χ4n) is 2.26. The summed E-state index contributed by atoms with van der Waals surface area (Å²) in [6.45, 7) is 2.20. The number of anilines is 1. The Morgan fingerprint density at radius 1 is 1.41 bits per heavy atom. The Kier molecular flexibility index (Phi) is 2.31. The highest BCUT2D eigenvalue weighted by Gasteiger charge is 2.39. The average Bonchev–Trinajstić information content (AvgIpc) is 2.98. The van der Waals surface area contributed by atoms with E-state index in [0.717, 1.165) is 17.1 Å². The second-order valence-corrected chi connectivity index (χ2v) is 4.51. The van der Waals surface area contributed by atoms with E-state index >= 15 is 0 Å². The molecule has 1 aromatic heterocycles. The third-order valence-electron chi connectivity index (χ3n) is 3.42. The molecule has 1 aliphatic rings. The van der Waals surface area contributed by atoms with Gasteiger partial charge in [-0.05, 0) is 34.9 Å². The molecule has 2 aromatic rings. The number of nitrogens with zero attached hydrogens (tertiary/aromatic N) is 4. The third-order valence-corrected chi connectivity index (χ3v) is 3.42. The van der Waals surface area contributed by atoms with Crippen molar-refractivity contribution in [1.82, 2.24) is 20.2 Å². The van der Waals surface area contributed by atoms with Crippen molar-refractivity contribution in [3.05, 3.63) is 24.3 Å². The lowest BCUT2D eigenvalue weighted by atomic mass is 10.1. The molecule has 3 rings (SSSR count). The molecule has 2 unspecified atom stereocenters. The third kappa shape index (κ3) is 1.67. The summed E-state index contributed by atoms with van der Waals surface area (Å²) >= 11 is 0. The second kappa shape index (κ2) is 3.84. The number of tetrazole rings is 1. The van der Waals surface area contributed by atoms with E-state index in [0.29, 0.717) is 12.0 Å². The first-order valence-electron chi connectivity index (χ1n) is 5.94. The van der Waals surface area contributed by atoms with Crippen LogP contribution in [0.25, 0.3) is 11.4 Å². The van der Waals surface area contributed by atoms with Gasteiger partial charge in [-0.25, -0.2) is 4.68 Å². The molecule has 0 aliphatic heterocycles. The lowest BCUT2D eigenvalue weighted by Crippen LogP contribution is -2.03. The molecule has 17 heavy (non-hydrogen) atoms. The number of nitrogens with two attached hydrogens (primary N) is 1. The van der Waals surface area contributed by atoms with E-state index in [1.165, 1.54) is 12.8 Å². The highest BCUT2D eigenvalue weighted by molar-refractivity contribution is 5.71. The molecular formula is C12H15N5. The van der Waals surface area contributed by atoms with Crippen LogP contribution in [0.2, 0.25) is 0 Å². The fraction of sp³-hybridized carbons (Fsp3) is 0.417. The van der Waals surface area contributed by atoms with Crippen molar-refractivity contribution in [1.29, 1.82) is 0 Å². The van der Waals surface area contributed by atoms with Gasteiger partial charge in [-0.15, -0.1) is 5.10 Å². The normalized spacial score (nSPS) is 22.6. The summed E-state index contributed by atoms with van der Waals surface area (Å²) in [5.41, 5.74) is 7.60. The minimum absolute atomic E-state index is 0.449. The molecule has 0 amide bonds. The Morgan fingerprint density at radius 3 is 2.94 bits per heavy atom. The van der Waals surface area contributed by atoms with Crippen LogP contribution in [-0.2, 0) is 0 Å². The van der Waals surface area contributed by atoms with Crippen LogP contribution in [-0.4, -0.2) is 20.2 Å². The Morgan fingerprint density at radius 2 is 2.24 bits per heavy atom. The molecule has 1 saturated carbocycles. The van der Waals surface area contributed by atoms with Gasteiger partial charge < -0.3 is 5.73 Å². The van der Waals surface area contributed by atoms with Gasteiger partial charge in [0.2, 0.25) is 0 Å². The van der Waals surface area contributed by atoms with E-state index in [9.17, 15) is 0 Å². The van der Waals surface area contributed by atoms with Gasteiger partial charge in [0.05, 0.1) is 6.04 Å². The summed E-state index contributed by atoms with van der Waals surface area (Å²) in [5, 5.41) is 12.0. The average molecular weight is 229 g/mol. The molecule has 0 radical (unpaired) electrons. The quantitative estimate of drug-likeness (QED) is 0.816. The molecule has 0 saturated heterocycles. The Labute approximate surface area is 99.6 Å². The summed E-state index contributed by atoms with van der Waals surface area (Å²) in [4.78, 5) is 0. The minimum atomic E-state index is 0.449. The summed E-state index contributed by atoms with van der Waals surface area (Å²) in [7, 11) is 0. The van der Waals surface area contributed by atoms with E-state index in [1.807, 2.05) is 28.9 Å². The fourth-order valence-corrected chi connectivity index (χ4v) is 2.26. The maximum absolute atomic E-state index is 5.96. The van der Waals surface area contributed by atoms with Crippen molar-refractivity contribution in [3.8, 4) is 11.4 Å². The molecule has 5 nitrogen and oxygen atoms in total. The van der Waals surface area contributed by atoms with Crippen LogP contribution in [0.15, 0.2) is 24.3 Å². The van der Waals surface area contributed by atoms with Gasteiger partial charge in [-0.3, -0.25) is 0 Å². The minimum Gasteiger partial charge on any atom is -0.398 e. The highest BCUT2D eigenvalue weighted by Crippen LogP contribution is 2.46. The number of hydrogen-bond donors (Lipinski definition) is 1. The van der Waals surface area contributed by atoms with Crippen molar-refractivity contribution >= 4 is 5.69 Å². The number of para-hydroxylation sites is 1. The van der Waals surface area contributed by atoms with Crippen LogP contribution >= 0.6 is 0 Å². The summed E-state index contributed by atoms with van der Waals surface area (Å²) in [5.74, 6) is 1.49. The topological polar surface area (TPSA) is 69.6 Å². The first kappa shape index (κ1) is 10.3. The van der Waals surface area contributed by atoms with Gasteiger partial charge in [0, 0.05) is 11.3 Å². The van der Waals surface area contributed by atoms with Crippen molar-refractivity contribution in [2.45, 2.75) is 25.8 Å². The second-order valence-electron chi connectivity index (χ2n) is 4.51. The number of aromatic nitrogens is 4. The first-order valence-corrected chi connectivity index (χ1v) is 5.94. The van der Waals surface area contributed by atoms with Gasteiger partial charge in [0.25, 0.3) is 0 Å². The molecular weight excluding hydrogens is 214 g/mol. The zero-order valence-corrected chi connectivity index (χ0v) is 9.74. The molecule has 0 bridgehead atoms. The SMILES string of the molecule is CCC1CC1n1nnnc1-c1ccccc1N. The molecule has 1 aromatic carbocycles. The van der Waals surface area contributed by atoms with Gasteiger partial charge in [-0.1, -0.05) is 25.5 Å². The van der Waals surface area contributed by atoms with Crippen molar-refractivity contribution in [2.75, 3.05) is 5.73 Å². The molecule has 2 atom stereocenters. The van der Waals surface area contributed by atoms with Gasteiger partial charge in [-0.2, -0.15) is 0 Å². The lowest BCUT2D eigenvalue weighted by molar-refractivity contribution is 0.563. The number of benzene rings is 1. The maximum atomic E-state index is 5.96. The predicted molar refractivity (Wildman–Crippen MR) is 65.1 cm³/mol. The van der Waals surface area contributed by atoms with Crippen LogP contribution in [0.5, 0.6) is 0 Å². The van der Waals surface area contributed by atoms with Crippen molar-refractivity contribution < 1.29 is 0 Å². The monoisotopic (exact) mass is 229 g/mol. The molecule has 1 heterocycles. The molecule has 2 N–H and O–H groups in total. The van der Waals surface area contributed by atoms with Crippen LogP contribution < -0.4 is 5.73 Å². The Balaban J connectivity index is 2.00. The maximum Gasteiger partial charge on any atom is 0.184 e. The zero-order chi connectivity index (χ0) is 11.8. The van der Waals surface area contributed by atoms with Crippen molar-refractivity contribution in [3.63, 3.8) is 0 Å². The van der Waals surface area contributed by atoms with E-state index in [2.05, 4.69) is 22.4 Å². The van der Waals surface area contributed by atoms with Crippen LogP contribution in [0.3, 0.4) is 0 Å². The van der Waals surface area contributed by atoms with Crippen LogP contribution in [0.4, 0.5) is 5.69 Å². The zero-order valence-electron chi connectivity index (χ0n) is 9.74. The largest absolute Gasteiger partial charge is 0.398 e. The molecule has 0 spiro atoms. The Bertz CT molecular complexity index is 533. The van der Waals surface area contributed by atoms with Gasteiger partial charge in [0.15, 0.2) is 5.82 Å². The lowest BCUT2D eigenvalue weighted by Gasteiger charge is -2.05. The first-order chi connectivity index (χ1) is 8.31. The van der Waals surface area contributed by atoms with Crippen LogP contribution in [0.1, 0.15) is 25.8 Å².